The minimum Gasteiger partial charge on any atom is -0.408 e. The van der Waals surface area contributed by atoms with Gasteiger partial charge in [0.05, 0.1) is 11.6 Å². The molecule has 6 nitrogen and oxygen atoms in total. The molecule has 168 valence electrons. The average molecular weight is 445 g/mol. The first-order chi connectivity index (χ1) is 15.4. The molecule has 0 bridgehead atoms. The number of hydrogen-bond donors (Lipinski definition) is 1. The van der Waals surface area contributed by atoms with E-state index in [1.165, 1.54) is 0 Å². The minimum absolute atomic E-state index is 0.0573. The Balaban J connectivity index is 1.21. The SMILES string of the molecule is O=C1[C@@H](N2CCC(c3ccc4[nH]c(=O)oc4c3)CC2)CCN1Cc1cc(F)c(F)c(F)c1. The molecule has 0 unspecified atom stereocenters. The molecule has 0 spiro atoms. The normalized spacial score (nSPS) is 20.5. The van der Waals surface area contributed by atoms with Gasteiger partial charge in [-0.3, -0.25) is 14.7 Å². The third-order valence-corrected chi connectivity index (χ3v) is 6.57. The molecule has 2 fully saturated rings. The van der Waals surface area contributed by atoms with E-state index >= 15 is 0 Å². The lowest BCUT2D eigenvalue weighted by molar-refractivity contribution is -0.133. The first-order valence-electron chi connectivity index (χ1n) is 10.7. The second-order valence-electron chi connectivity index (χ2n) is 8.52. The molecule has 1 aromatic heterocycles. The molecule has 1 amide bonds. The van der Waals surface area contributed by atoms with Crippen molar-refractivity contribution >= 4 is 17.0 Å². The molecule has 0 radical (unpaired) electrons. The van der Waals surface area contributed by atoms with Crippen LogP contribution in [0.5, 0.6) is 0 Å². The molecule has 9 heteroatoms. The highest BCUT2D eigenvalue weighted by Gasteiger charge is 2.37. The van der Waals surface area contributed by atoms with Crippen molar-refractivity contribution in [2.24, 2.45) is 0 Å². The fraction of sp³-hybridized carbons (Fsp3) is 0.391. The number of nitrogens with one attached hydrogen (secondary N) is 1. The lowest BCUT2D eigenvalue weighted by Gasteiger charge is -2.35. The zero-order chi connectivity index (χ0) is 22.4. The van der Waals surface area contributed by atoms with Crippen molar-refractivity contribution < 1.29 is 22.4 Å². The van der Waals surface area contributed by atoms with Crippen molar-refractivity contribution in [3.05, 3.63) is 69.5 Å². The van der Waals surface area contributed by atoms with Crippen LogP contribution in [0.15, 0.2) is 39.5 Å². The molecule has 0 saturated carbocycles. The summed E-state index contributed by atoms with van der Waals surface area (Å²) in [5.74, 6) is -4.22. The van der Waals surface area contributed by atoms with Crippen molar-refractivity contribution in [1.29, 1.82) is 0 Å². The van der Waals surface area contributed by atoms with Gasteiger partial charge in [0, 0.05) is 13.1 Å². The number of carbonyl (C=O) groups is 1. The fourth-order valence-corrected chi connectivity index (χ4v) is 4.90. The van der Waals surface area contributed by atoms with Crippen LogP contribution in [0.1, 0.15) is 36.3 Å². The maximum Gasteiger partial charge on any atom is 0.417 e. The number of carbonyl (C=O) groups excluding carboxylic acids is 1. The van der Waals surface area contributed by atoms with Gasteiger partial charge in [-0.05, 0) is 73.7 Å². The zero-order valence-electron chi connectivity index (χ0n) is 17.2. The Morgan fingerprint density at radius 2 is 1.69 bits per heavy atom. The second kappa shape index (κ2) is 8.12. The van der Waals surface area contributed by atoms with Crippen molar-refractivity contribution in [1.82, 2.24) is 14.8 Å². The number of aromatic nitrogens is 1. The largest absolute Gasteiger partial charge is 0.417 e. The summed E-state index contributed by atoms with van der Waals surface area (Å²) < 4.78 is 45.3. The summed E-state index contributed by atoms with van der Waals surface area (Å²) >= 11 is 0. The number of rotatable bonds is 4. The number of piperidine rings is 1. The molecule has 5 rings (SSSR count). The van der Waals surface area contributed by atoms with Crippen LogP contribution in [0.2, 0.25) is 0 Å². The smallest absolute Gasteiger partial charge is 0.408 e. The fourth-order valence-electron chi connectivity index (χ4n) is 4.90. The van der Waals surface area contributed by atoms with Gasteiger partial charge in [-0.1, -0.05) is 6.07 Å². The lowest BCUT2D eigenvalue weighted by atomic mass is 9.88. The standard InChI is InChI=1S/C23H22F3N3O3/c24-16-9-13(10-17(25)21(16)26)12-29-8-5-19(22(29)30)28-6-3-14(4-7-28)15-1-2-18-20(11-15)32-23(31)27-18/h1-2,9-11,14,19H,3-8,12H2,(H,27,31)/t19-/m0/s1. The van der Waals surface area contributed by atoms with E-state index in [1.807, 2.05) is 18.2 Å². The van der Waals surface area contributed by atoms with Crippen LogP contribution in [-0.2, 0) is 11.3 Å². The van der Waals surface area contributed by atoms with Crippen LogP contribution in [0.4, 0.5) is 13.2 Å². The van der Waals surface area contributed by atoms with Crippen molar-refractivity contribution in [2.75, 3.05) is 19.6 Å². The van der Waals surface area contributed by atoms with Gasteiger partial charge in [0.15, 0.2) is 23.0 Å². The van der Waals surface area contributed by atoms with Crippen LogP contribution in [-0.4, -0.2) is 46.4 Å². The Kier molecular flexibility index (Phi) is 5.28. The molecule has 3 aromatic rings. The number of aromatic amines is 1. The number of fused-ring (bicyclic) bond motifs is 1. The number of amides is 1. The van der Waals surface area contributed by atoms with Crippen LogP contribution >= 0.6 is 0 Å². The molecule has 2 aliphatic heterocycles. The monoisotopic (exact) mass is 445 g/mol. The lowest BCUT2D eigenvalue weighted by Crippen LogP contribution is -2.45. The summed E-state index contributed by atoms with van der Waals surface area (Å²) in [5, 5.41) is 0. The van der Waals surface area contributed by atoms with Gasteiger partial charge < -0.3 is 9.32 Å². The number of nitrogens with zero attached hydrogens (tertiary/aromatic N) is 2. The van der Waals surface area contributed by atoms with Crippen molar-refractivity contribution in [3.8, 4) is 0 Å². The molecular weight excluding hydrogens is 423 g/mol. The Morgan fingerprint density at radius 3 is 2.41 bits per heavy atom. The Labute approximate surface area is 181 Å². The topological polar surface area (TPSA) is 69.5 Å². The first-order valence-corrected chi connectivity index (χ1v) is 10.7. The highest BCUT2D eigenvalue weighted by Crippen LogP contribution is 2.32. The molecule has 0 aliphatic carbocycles. The summed E-state index contributed by atoms with van der Waals surface area (Å²) in [5.41, 5.74) is 2.57. The van der Waals surface area contributed by atoms with E-state index in [2.05, 4.69) is 9.88 Å². The van der Waals surface area contributed by atoms with E-state index in [4.69, 9.17) is 4.42 Å². The van der Waals surface area contributed by atoms with Gasteiger partial charge in [-0.25, -0.2) is 18.0 Å². The number of oxazole rings is 1. The van der Waals surface area contributed by atoms with Crippen LogP contribution in [0.3, 0.4) is 0 Å². The molecule has 2 aromatic carbocycles. The molecule has 2 saturated heterocycles. The van der Waals surface area contributed by atoms with Gasteiger partial charge >= 0.3 is 5.76 Å². The van der Waals surface area contributed by atoms with Gasteiger partial charge in [0.2, 0.25) is 5.91 Å². The molecule has 1 atom stereocenters. The van der Waals surface area contributed by atoms with Gasteiger partial charge in [-0.2, -0.15) is 0 Å². The van der Waals surface area contributed by atoms with E-state index in [0.717, 1.165) is 43.6 Å². The summed E-state index contributed by atoms with van der Waals surface area (Å²) in [6.45, 7) is 2.06. The number of hydrogen-bond acceptors (Lipinski definition) is 4. The van der Waals surface area contributed by atoms with E-state index in [9.17, 15) is 22.8 Å². The maximum atomic E-state index is 13.5. The highest BCUT2D eigenvalue weighted by atomic mass is 19.2. The van der Waals surface area contributed by atoms with E-state index in [-0.39, 0.29) is 24.1 Å². The van der Waals surface area contributed by atoms with Gasteiger partial charge in [0.1, 0.15) is 0 Å². The summed E-state index contributed by atoms with van der Waals surface area (Å²) in [6.07, 6.45) is 2.40. The maximum absolute atomic E-state index is 13.5. The van der Waals surface area contributed by atoms with Crippen LogP contribution in [0.25, 0.3) is 11.1 Å². The minimum atomic E-state index is -1.50. The molecule has 32 heavy (non-hydrogen) atoms. The van der Waals surface area contributed by atoms with Crippen LogP contribution in [0, 0.1) is 17.5 Å². The van der Waals surface area contributed by atoms with Crippen LogP contribution < -0.4 is 5.76 Å². The van der Waals surface area contributed by atoms with E-state index in [0.29, 0.717) is 30.0 Å². The average Bonchev–Trinajstić information content (AvgIpc) is 3.33. The zero-order valence-corrected chi connectivity index (χ0v) is 17.2. The van der Waals surface area contributed by atoms with E-state index in [1.54, 1.807) is 4.90 Å². The summed E-state index contributed by atoms with van der Waals surface area (Å²) in [7, 11) is 0. The predicted molar refractivity (Wildman–Crippen MR) is 111 cm³/mol. The third kappa shape index (κ3) is 3.81. The number of H-pyrrole nitrogens is 1. The third-order valence-electron chi connectivity index (χ3n) is 6.57. The predicted octanol–water partition coefficient (Wildman–Crippen LogP) is 3.52. The first kappa shape index (κ1) is 20.8. The molecule has 3 heterocycles. The van der Waals surface area contributed by atoms with Gasteiger partial charge in [0.25, 0.3) is 0 Å². The second-order valence-corrected chi connectivity index (χ2v) is 8.52. The Morgan fingerprint density at radius 1 is 0.969 bits per heavy atom. The number of halogens is 3. The Hall–Kier alpha value is -3.07. The quantitative estimate of drug-likeness (QED) is 0.624. The van der Waals surface area contributed by atoms with Crippen molar-refractivity contribution in [2.45, 2.75) is 37.8 Å². The van der Waals surface area contributed by atoms with Crippen molar-refractivity contribution in [3.63, 3.8) is 0 Å². The molecule has 1 N–H and O–H groups in total. The highest BCUT2D eigenvalue weighted by molar-refractivity contribution is 5.84. The summed E-state index contributed by atoms with van der Waals surface area (Å²) in [4.78, 5) is 30.7. The number of likely N-dealkylation sites (tertiary alicyclic amines) is 2. The van der Waals surface area contributed by atoms with E-state index < -0.39 is 23.2 Å². The number of benzene rings is 2. The van der Waals surface area contributed by atoms with Gasteiger partial charge in [-0.15, -0.1) is 0 Å². The Bertz CT molecular complexity index is 1210. The summed E-state index contributed by atoms with van der Waals surface area (Å²) in [6, 6.07) is 7.37. The molecule has 2 aliphatic rings. The molecular formula is C23H22F3N3O3.